The second kappa shape index (κ2) is 6.16. The number of hydrogen-bond donors (Lipinski definition) is 2. The molecule has 0 aromatic heterocycles. The van der Waals surface area contributed by atoms with Crippen molar-refractivity contribution >= 4 is 17.3 Å². The van der Waals surface area contributed by atoms with Gasteiger partial charge in [-0.05, 0) is 30.2 Å². The number of aliphatic hydroxyl groups excluding tert-OH is 1. The summed E-state index contributed by atoms with van der Waals surface area (Å²) >= 11 is 5.98. The highest BCUT2D eigenvalue weighted by Gasteiger charge is 2.19. The summed E-state index contributed by atoms with van der Waals surface area (Å²) in [6.07, 6.45) is -0.0375. The topological polar surface area (TPSA) is 55.5 Å². The molecule has 0 heterocycles. The second-order valence-electron chi connectivity index (χ2n) is 4.57. The van der Waals surface area contributed by atoms with Gasteiger partial charge in [0, 0.05) is 21.8 Å². The van der Waals surface area contributed by atoms with Crippen LogP contribution in [0.3, 0.4) is 0 Å². The van der Waals surface area contributed by atoms with Crippen LogP contribution in [0.15, 0.2) is 36.4 Å². The summed E-state index contributed by atoms with van der Waals surface area (Å²) in [7, 11) is 1.60. The summed E-state index contributed by atoms with van der Waals surface area (Å²) in [6, 6.07) is 10.8. The third-order valence-corrected chi connectivity index (χ3v) is 3.59. The molecule has 0 aliphatic rings. The molecule has 0 fully saturated rings. The summed E-state index contributed by atoms with van der Waals surface area (Å²) in [6.45, 7) is 2.04. The number of aryl methyl sites for hydroxylation is 1. The van der Waals surface area contributed by atoms with E-state index in [4.69, 9.17) is 22.1 Å². The first-order valence-corrected chi connectivity index (χ1v) is 6.85. The van der Waals surface area contributed by atoms with Crippen LogP contribution >= 0.6 is 11.6 Å². The molecule has 0 amide bonds. The van der Waals surface area contributed by atoms with Gasteiger partial charge in [0.1, 0.15) is 11.9 Å². The molecule has 2 aromatic rings. The molecular formula is C16H18ClNO2. The second-order valence-corrected chi connectivity index (χ2v) is 5.01. The van der Waals surface area contributed by atoms with E-state index in [0.717, 1.165) is 12.0 Å². The van der Waals surface area contributed by atoms with Gasteiger partial charge in [-0.1, -0.05) is 36.7 Å². The molecule has 0 saturated carbocycles. The number of rotatable bonds is 4. The van der Waals surface area contributed by atoms with Crippen LogP contribution in [0.25, 0.3) is 0 Å². The normalized spacial score (nSPS) is 12.2. The summed E-state index contributed by atoms with van der Waals surface area (Å²) < 4.78 is 5.45. The quantitative estimate of drug-likeness (QED) is 0.847. The monoisotopic (exact) mass is 291 g/mol. The van der Waals surface area contributed by atoms with Gasteiger partial charge in [-0.25, -0.2) is 0 Å². The fourth-order valence-corrected chi connectivity index (χ4v) is 2.48. The van der Waals surface area contributed by atoms with Crippen molar-refractivity contribution in [3.8, 4) is 5.75 Å². The van der Waals surface area contributed by atoms with E-state index >= 15 is 0 Å². The number of hydrogen-bond acceptors (Lipinski definition) is 3. The minimum atomic E-state index is -0.866. The van der Waals surface area contributed by atoms with Gasteiger partial charge >= 0.3 is 0 Å². The average molecular weight is 292 g/mol. The van der Waals surface area contributed by atoms with Crippen LogP contribution in [-0.2, 0) is 6.42 Å². The number of benzene rings is 2. The van der Waals surface area contributed by atoms with Crippen LogP contribution in [0.5, 0.6) is 5.75 Å². The molecule has 2 aromatic carbocycles. The number of halogens is 1. The molecule has 0 radical (unpaired) electrons. The van der Waals surface area contributed by atoms with E-state index in [9.17, 15) is 5.11 Å². The summed E-state index contributed by atoms with van der Waals surface area (Å²) in [5.41, 5.74) is 8.76. The Morgan fingerprint density at radius 3 is 2.65 bits per heavy atom. The Morgan fingerprint density at radius 2 is 2.00 bits per heavy atom. The summed E-state index contributed by atoms with van der Waals surface area (Å²) in [5.74, 6) is 0.696. The van der Waals surface area contributed by atoms with Gasteiger partial charge in [-0.3, -0.25) is 0 Å². The number of ether oxygens (including phenoxy) is 1. The minimum Gasteiger partial charge on any atom is -0.496 e. The predicted molar refractivity (Wildman–Crippen MR) is 82.3 cm³/mol. The van der Waals surface area contributed by atoms with Crippen molar-refractivity contribution in [1.82, 2.24) is 0 Å². The molecule has 4 heteroatoms. The Kier molecular flexibility index (Phi) is 4.53. The van der Waals surface area contributed by atoms with Crippen LogP contribution < -0.4 is 10.5 Å². The standard InChI is InChI=1S/C16H18ClNO2/c1-3-10-5-4-6-12(16(10)20-2)15(19)13-9-11(17)7-8-14(13)18/h4-9,15,19H,3,18H2,1-2H3. The van der Waals surface area contributed by atoms with Crippen LogP contribution in [0.1, 0.15) is 29.7 Å². The van der Waals surface area contributed by atoms with Crippen molar-refractivity contribution in [3.63, 3.8) is 0 Å². The van der Waals surface area contributed by atoms with Gasteiger partial charge in [0.25, 0.3) is 0 Å². The molecule has 1 atom stereocenters. The van der Waals surface area contributed by atoms with Gasteiger partial charge in [-0.15, -0.1) is 0 Å². The van der Waals surface area contributed by atoms with Crippen molar-refractivity contribution in [3.05, 3.63) is 58.1 Å². The van der Waals surface area contributed by atoms with Crippen LogP contribution in [0.4, 0.5) is 5.69 Å². The van der Waals surface area contributed by atoms with E-state index in [1.165, 1.54) is 0 Å². The van der Waals surface area contributed by atoms with Crippen LogP contribution in [-0.4, -0.2) is 12.2 Å². The molecule has 0 aliphatic carbocycles. The Labute approximate surface area is 123 Å². The third kappa shape index (κ3) is 2.74. The maximum atomic E-state index is 10.6. The van der Waals surface area contributed by atoms with Gasteiger partial charge < -0.3 is 15.6 Å². The van der Waals surface area contributed by atoms with Gasteiger partial charge in [0.05, 0.1) is 7.11 Å². The number of methoxy groups -OCH3 is 1. The van der Waals surface area contributed by atoms with E-state index in [1.807, 2.05) is 25.1 Å². The highest BCUT2D eigenvalue weighted by Crippen LogP contribution is 2.36. The van der Waals surface area contributed by atoms with Crippen LogP contribution in [0.2, 0.25) is 5.02 Å². The van der Waals surface area contributed by atoms with Crippen molar-refractivity contribution in [2.45, 2.75) is 19.4 Å². The Hall–Kier alpha value is -1.71. The maximum absolute atomic E-state index is 10.6. The lowest BCUT2D eigenvalue weighted by atomic mass is 9.96. The van der Waals surface area contributed by atoms with Gasteiger partial charge in [0.2, 0.25) is 0 Å². The molecule has 0 spiro atoms. The van der Waals surface area contributed by atoms with Crippen molar-refractivity contribution in [1.29, 1.82) is 0 Å². The highest BCUT2D eigenvalue weighted by molar-refractivity contribution is 6.30. The number of nitrogen functional groups attached to an aromatic ring is 1. The molecule has 106 valence electrons. The first kappa shape index (κ1) is 14.7. The summed E-state index contributed by atoms with van der Waals surface area (Å²) in [5, 5.41) is 11.2. The lowest BCUT2D eigenvalue weighted by Gasteiger charge is -2.19. The molecule has 20 heavy (non-hydrogen) atoms. The smallest absolute Gasteiger partial charge is 0.128 e. The van der Waals surface area contributed by atoms with E-state index in [-0.39, 0.29) is 0 Å². The maximum Gasteiger partial charge on any atom is 0.128 e. The first-order valence-electron chi connectivity index (χ1n) is 6.47. The molecule has 2 rings (SSSR count). The zero-order chi connectivity index (χ0) is 14.7. The number of para-hydroxylation sites is 1. The number of aliphatic hydroxyl groups is 1. The molecule has 3 nitrogen and oxygen atoms in total. The molecule has 3 N–H and O–H groups in total. The lowest BCUT2D eigenvalue weighted by Crippen LogP contribution is -2.07. The Morgan fingerprint density at radius 1 is 1.25 bits per heavy atom. The van der Waals surface area contributed by atoms with Gasteiger partial charge in [-0.2, -0.15) is 0 Å². The Balaban J connectivity index is 2.53. The third-order valence-electron chi connectivity index (χ3n) is 3.35. The van der Waals surface area contributed by atoms with E-state index < -0.39 is 6.10 Å². The van der Waals surface area contributed by atoms with Crippen LogP contribution in [0, 0.1) is 0 Å². The molecular weight excluding hydrogens is 274 g/mol. The Bertz CT molecular complexity index is 613. The predicted octanol–water partition coefficient (Wildman–Crippen LogP) is 3.57. The van der Waals surface area contributed by atoms with Crippen molar-refractivity contribution in [2.75, 3.05) is 12.8 Å². The lowest BCUT2D eigenvalue weighted by molar-refractivity contribution is 0.215. The van der Waals surface area contributed by atoms with E-state index in [2.05, 4.69) is 0 Å². The fourth-order valence-electron chi connectivity index (χ4n) is 2.30. The van der Waals surface area contributed by atoms with Crippen molar-refractivity contribution < 1.29 is 9.84 Å². The highest BCUT2D eigenvalue weighted by atomic mass is 35.5. The van der Waals surface area contributed by atoms with E-state index in [1.54, 1.807) is 25.3 Å². The van der Waals surface area contributed by atoms with Crippen molar-refractivity contribution in [2.24, 2.45) is 0 Å². The fraction of sp³-hybridized carbons (Fsp3) is 0.250. The molecule has 0 saturated heterocycles. The zero-order valence-electron chi connectivity index (χ0n) is 11.6. The van der Waals surface area contributed by atoms with Gasteiger partial charge in [0.15, 0.2) is 0 Å². The zero-order valence-corrected chi connectivity index (χ0v) is 12.3. The largest absolute Gasteiger partial charge is 0.496 e. The number of nitrogens with two attached hydrogens (primary N) is 1. The SMILES string of the molecule is CCc1cccc(C(O)c2cc(Cl)ccc2N)c1OC. The average Bonchev–Trinajstić information content (AvgIpc) is 2.48. The molecule has 0 bridgehead atoms. The molecule has 0 aliphatic heterocycles. The summed E-state index contributed by atoms with van der Waals surface area (Å²) in [4.78, 5) is 0. The molecule has 1 unspecified atom stereocenters. The van der Waals surface area contributed by atoms with E-state index in [0.29, 0.717) is 27.6 Å². The first-order chi connectivity index (χ1) is 9.58. The number of anilines is 1. The minimum absolute atomic E-state index is 0.505.